The Balaban J connectivity index is 1.99. The standard InChI is InChI=1S/C24H21N3/c1-2-16-12-13-18-19(14-16)23(17-8-4-3-5-9-17)27-22-11-7-6-10-21(22)26-24(27)20(18)15-25/h3-11,16H,2,12-14H2,1H3. The Bertz CT molecular complexity index is 1200. The van der Waals surface area contributed by atoms with E-state index >= 15 is 0 Å². The smallest absolute Gasteiger partial charge is 0.156 e. The van der Waals surface area contributed by atoms with Gasteiger partial charge < -0.3 is 0 Å². The number of nitriles is 1. The fraction of sp³-hybridized carbons (Fsp3) is 0.250. The summed E-state index contributed by atoms with van der Waals surface area (Å²) >= 11 is 0. The highest BCUT2D eigenvalue weighted by Crippen LogP contribution is 2.39. The minimum atomic E-state index is 0.679. The highest BCUT2D eigenvalue weighted by Gasteiger charge is 2.28. The van der Waals surface area contributed by atoms with Crippen molar-refractivity contribution in [2.24, 2.45) is 5.92 Å². The predicted octanol–water partition coefficient (Wildman–Crippen LogP) is 5.54. The molecule has 3 nitrogen and oxygen atoms in total. The molecule has 0 radical (unpaired) electrons. The Morgan fingerprint density at radius 3 is 2.63 bits per heavy atom. The first kappa shape index (κ1) is 16.1. The van der Waals surface area contributed by atoms with Crippen molar-refractivity contribution in [1.29, 1.82) is 5.26 Å². The quantitative estimate of drug-likeness (QED) is 0.476. The van der Waals surface area contributed by atoms with Gasteiger partial charge in [0.1, 0.15) is 6.07 Å². The van der Waals surface area contributed by atoms with E-state index in [9.17, 15) is 5.26 Å². The van der Waals surface area contributed by atoms with Crippen molar-refractivity contribution in [2.75, 3.05) is 0 Å². The molecule has 27 heavy (non-hydrogen) atoms. The van der Waals surface area contributed by atoms with Gasteiger partial charge >= 0.3 is 0 Å². The third-order valence-electron chi connectivity index (χ3n) is 5.99. The third-order valence-corrected chi connectivity index (χ3v) is 5.99. The van der Waals surface area contributed by atoms with E-state index in [-0.39, 0.29) is 0 Å². The normalized spacial score (nSPS) is 16.4. The number of hydrogen-bond acceptors (Lipinski definition) is 2. The van der Waals surface area contributed by atoms with Gasteiger partial charge in [-0.15, -0.1) is 0 Å². The van der Waals surface area contributed by atoms with Crippen molar-refractivity contribution >= 4 is 16.7 Å². The number of aromatic nitrogens is 2. The second-order valence-corrected chi connectivity index (χ2v) is 7.44. The van der Waals surface area contributed by atoms with E-state index in [2.05, 4.69) is 53.8 Å². The molecular weight excluding hydrogens is 330 g/mol. The first-order valence-corrected chi connectivity index (χ1v) is 9.72. The van der Waals surface area contributed by atoms with Crippen LogP contribution in [0, 0.1) is 17.2 Å². The topological polar surface area (TPSA) is 41.1 Å². The summed E-state index contributed by atoms with van der Waals surface area (Å²) in [5.41, 5.74) is 8.54. The fourth-order valence-corrected chi connectivity index (χ4v) is 4.58. The number of benzene rings is 2. The molecule has 0 saturated heterocycles. The second-order valence-electron chi connectivity index (χ2n) is 7.44. The molecule has 0 aliphatic heterocycles. The molecule has 2 heterocycles. The van der Waals surface area contributed by atoms with Gasteiger partial charge in [-0.3, -0.25) is 4.40 Å². The maximum atomic E-state index is 10.00. The lowest BCUT2D eigenvalue weighted by atomic mass is 9.79. The van der Waals surface area contributed by atoms with Gasteiger partial charge in [0.2, 0.25) is 0 Å². The Morgan fingerprint density at radius 2 is 1.85 bits per heavy atom. The molecule has 132 valence electrons. The number of para-hydroxylation sites is 2. The summed E-state index contributed by atoms with van der Waals surface area (Å²) in [5, 5.41) is 10.00. The number of hydrogen-bond donors (Lipinski definition) is 0. The van der Waals surface area contributed by atoms with E-state index in [4.69, 9.17) is 4.98 Å². The van der Waals surface area contributed by atoms with Gasteiger partial charge in [-0.25, -0.2) is 4.98 Å². The number of nitrogens with zero attached hydrogens (tertiary/aromatic N) is 3. The highest BCUT2D eigenvalue weighted by atomic mass is 15.0. The van der Waals surface area contributed by atoms with Crippen LogP contribution in [-0.4, -0.2) is 9.38 Å². The van der Waals surface area contributed by atoms with E-state index in [0.29, 0.717) is 5.92 Å². The molecule has 0 amide bonds. The first-order chi connectivity index (χ1) is 13.3. The van der Waals surface area contributed by atoms with Crippen LogP contribution in [-0.2, 0) is 12.8 Å². The molecule has 1 unspecified atom stereocenters. The largest absolute Gasteiger partial charge is 0.291 e. The predicted molar refractivity (Wildman–Crippen MR) is 109 cm³/mol. The van der Waals surface area contributed by atoms with Gasteiger partial charge in [-0.2, -0.15) is 5.26 Å². The van der Waals surface area contributed by atoms with Gasteiger partial charge in [0, 0.05) is 0 Å². The molecule has 2 aromatic carbocycles. The number of pyridine rings is 1. The van der Waals surface area contributed by atoms with Crippen molar-refractivity contribution in [3.05, 3.63) is 71.3 Å². The lowest BCUT2D eigenvalue weighted by Gasteiger charge is -2.28. The Morgan fingerprint density at radius 1 is 1.07 bits per heavy atom. The number of fused-ring (bicyclic) bond motifs is 4. The summed E-state index contributed by atoms with van der Waals surface area (Å²) in [6.07, 6.45) is 4.34. The molecule has 0 bridgehead atoms. The minimum absolute atomic E-state index is 0.679. The lowest BCUT2D eigenvalue weighted by Crippen LogP contribution is -2.18. The van der Waals surface area contributed by atoms with Crippen LogP contribution in [0.5, 0.6) is 0 Å². The van der Waals surface area contributed by atoms with Crippen LogP contribution in [0.4, 0.5) is 0 Å². The van der Waals surface area contributed by atoms with Crippen LogP contribution in [0.15, 0.2) is 54.6 Å². The molecule has 1 atom stereocenters. The first-order valence-electron chi connectivity index (χ1n) is 9.72. The van der Waals surface area contributed by atoms with Crippen molar-refractivity contribution in [3.63, 3.8) is 0 Å². The molecule has 1 aliphatic carbocycles. The minimum Gasteiger partial charge on any atom is -0.291 e. The second kappa shape index (κ2) is 6.25. The average molecular weight is 351 g/mol. The van der Waals surface area contributed by atoms with E-state index in [1.165, 1.54) is 28.8 Å². The molecule has 0 spiro atoms. The van der Waals surface area contributed by atoms with Gasteiger partial charge in [-0.05, 0) is 54.0 Å². The van der Waals surface area contributed by atoms with Crippen LogP contribution in [0.1, 0.15) is 36.5 Å². The van der Waals surface area contributed by atoms with Crippen LogP contribution >= 0.6 is 0 Å². The number of rotatable bonds is 2. The molecule has 2 aromatic heterocycles. The van der Waals surface area contributed by atoms with Crippen molar-refractivity contribution in [2.45, 2.75) is 32.6 Å². The van der Waals surface area contributed by atoms with E-state index in [1.807, 2.05) is 18.2 Å². The summed E-state index contributed by atoms with van der Waals surface area (Å²) in [4.78, 5) is 4.86. The maximum absolute atomic E-state index is 10.00. The summed E-state index contributed by atoms with van der Waals surface area (Å²) in [7, 11) is 0. The maximum Gasteiger partial charge on any atom is 0.156 e. The number of imidazole rings is 1. The molecule has 3 heteroatoms. The summed E-state index contributed by atoms with van der Waals surface area (Å²) in [5.74, 6) is 0.679. The van der Waals surface area contributed by atoms with Gasteiger partial charge in [0.25, 0.3) is 0 Å². The van der Waals surface area contributed by atoms with Gasteiger partial charge in [-0.1, -0.05) is 55.8 Å². The Labute approximate surface area is 158 Å². The van der Waals surface area contributed by atoms with E-state index in [1.54, 1.807) is 0 Å². The fourth-order valence-electron chi connectivity index (χ4n) is 4.58. The summed E-state index contributed by atoms with van der Waals surface area (Å²) < 4.78 is 2.22. The van der Waals surface area contributed by atoms with Crippen molar-refractivity contribution in [1.82, 2.24) is 9.38 Å². The lowest BCUT2D eigenvalue weighted by molar-refractivity contribution is 0.444. The highest BCUT2D eigenvalue weighted by molar-refractivity contribution is 5.87. The zero-order valence-electron chi connectivity index (χ0n) is 15.4. The molecule has 5 rings (SSSR count). The zero-order chi connectivity index (χ0) is 18.4. The van der Waals surface area contributed by atoms with Crippen LogP contribution in [0.25, 0.3) is 27.9 Å². The SMILES string of the molecule is CCC1CCc2c(c(-c3ccccc3)n3c(nc4ccccc43)c2C#N)C1. The summed E-state index contributed by atoms with van der Waals surface area (Å²) in [6.45, 7) is 2.27. The van der Waals surface area contributed by atoms with E-state index in [0.717, 1.165) is 41.5 Å². The van der Waals surface area contributed by atoms with Crippen molar-refractivity contribution < 1.29 is 0 Å². The van der Waals surface area contributed by atoms with Crippen LogP contribution < -0.4 is 0 Å². The summed E-state index contributed by atoms with van der Waals surface area (Å²) in [6, 6.07) is 21.3. The molecule has 4 aromatic rings. The van der Waals surface area contributed by atoms with Crippen LogP contribution in [0.3, 0.4) is 0 Å². The molecule has 0 saturated carbocycles. The van der Waals surface area contributed by atoms with Crippen LogP contribution in [0.2, 0.25) is 0 Å². The Hall–Kier alpha value is -3.12. The monoisotopic (exact) mass is 351 g/mol. The molecular formula is C24H21N3. The Kier molecular flexibility index (Phi) is 3.72. The zero-order valence-corrected chi connectivity index (χ0v) is 15.4. The molecule has 0 N–H and O–H groups in total. The van der Waals surface area contributed by atoms with Crippen molar-refractivity contribution in [3.8, 4) is 17.3 Å². The van der Waals surface area contributed by atoms with E-state index < -0.39 is 0 Å². The molecule has 0 fully saturated rings. The third kappa shape index (κ3) is 2.37. The van der Waals surface area contributed by atoms with Gasteiger partial charge in [0.05, 0.1) is 22.3 Å². The average Bonchev–Trinajstić information content (AvgIpc) is 3.11. The molecule has 1 aliphatic rings. The van der Waals surface area contributed by atoms with Gasteiger partial charge in [0.15, 0.2) is 5.65 Å².